The van der Waals surface area contributed by atoms with Gasteiger partial charge in [0.2, 0.25) is 0 Å². The molecular formula is C24H20. The van der Waals surface area contributed by atoms with Gasteiger partial charge in [-0.25, -0.2) is 0 Å². The van der Waals surface area contributed by atoms with Crippen LogP contribution in [0.3, 0.4) is 0 Å². The predicted octanol–water partition coefficient (Wildman–Crippen LogP) is 6.98. The first kappa shape index (κ1) is 13.8. The van der Waals surface area contributed by atoms with E-state index in [2.05, 4.69) is 80.6 Å². The molecule has 1 unspecified atom stereocenters. The number of hydrogen-bond acceptors (Lipinski definition) is 0. The van der Waals surface area contributed by atoms with Crippen LogP contribution in [0.15, 0.2) is 60.7 Å². The third-order valence-corrected chi connectivity index (χ3v) is 5.53. The Balaban J connectivity index is 1.95. The summed E-state index contributed by atoms with van der Waals surface area (Å²) in [6.45, 7) is 4.51. The van der Waals surface area contributed by atoms with Gasteiger partial charge in [0.1, 0.15) is 0 Å². The van der Waals surface area contributed by atoms with Crippen LogP contribution in [-0.4, -0.2) is 0 Å². The van der Waals surface area contributed by atoms with Gasteiger partial charge in [0.05, 0.1) is 0 Å². The Morgan fingerprint density at radius 1 is 0.750 bits per heavy atom. The number of aryl methyl sites for hydroxylation is 1. The zero-order valence-corrected chi connectivity index (χ0v) is 14.1. The van der Waals surface area contributed by atoms with E-state index in [1.807, 2.05) is 0 Å². The van der Waals surface area contributed by atoms with Gasteiger partial charge in [-0.1, -0.05) is 79.2 Å². The lowest BCUT2D eigenvalue weighted by Crippen LogP contribution is -2.01. The van der Waals surface area contributed by atoms with E-state index in [9.17, 15) is 0 Å². The van der Waals surface area contributed by atoms with E-state index in [1.165, 1.54) is 49.0 Å². The molecule has 0 amide bonds. The van der Waals surface area contributed by atoms with E-state index in [1.54, 1.807) is 0 Å². The first-order chi connectivity index (χ1) is 11.7. The number of benzene rings is 4. The highest BCUT2D eigenvalue weighted by Crippen LogP contribution is 2.39. The minimum Gasteiger partial charge on any atom is -0.0833 e. The molecule has 116 valence electrons. The summed E-state index contributed by atoms with van der Waals surface area (Å²) in [7, 11) is 0. The van der Waals surface area contributed by atoms with Crippen molar-refractivity contribution in [3.63, 3.8) is 0 Å². The quantitative estimate of drug-likeness (QED) is 0.307. The zero-order chi connectivity index (χ0) is 16.3. The van der Waals surface area contributed by atoms with E-state index in [-0.39, 0.29) is 0 Å². The van der Waals surface area contributed by atoms with Crippen LogP contribution in [0, 0.1) is 6.92 Å². The molecule has 0 bridgehead atoms. The molecule has 1 atom stereocenters. The van der Waals surface area contributed by atoms with Crippen molar-refractivity contribution in [2.24, 2.45) is 0 Å². The van der Waals surface area contributed by atoms with E-state index in [4.69, 9.17) is 0 Å². The monoisotopic (exact) mass is 308 g/mol. The lowest BCUT2D eigenvalue weighted by Gasteiger charge is -2.21. The number of hydrogen-bond donors (Lipinski definition) is 0. The van der Waals surface area contributed by atoms with Crippen molar-refractivity contribution in [2.75, 3.05) is 0 Å². The molecule has 0 radical (unpaired) electrons. The molecule has 24 heavy (non-hydrogen) atoms. The van der Waals surface area contributed by atoms with Crippen molar-refractivity contribution in [3.05, 3.63) is 77.4 Å². The van der Waals surface area contributed by atoms with E-state index < -0.39 is 0 Å². The predicted molar refractivity (Wildman–Crippen MR) is 106 cm³/mol. The average Bonchev–Trinajstić information content (AvgIpc) is 2.60. The maximum absolute atomic E-state index is 2.34. The second kappa shape index (κ2) is 4.95. The first-order valence-electron chi connectivity index (χ1n) is 8.77. The van der Waals surface area contributed by atoms with Crippen LogP contribution >= 0.6 is 0 Å². The molecule has 0 heteroatoms. The SMILES string of the molecule is Cc1ccc2ccc3c4ccc5c(c4ccc3c2c1)C(C)CC=C5. The van der Waals surface area contributed by atoms with Gasteiger partial charge in [-0.2, -0.15) is 0 Å². The van der Waals surface area contributed by atoms with Gasteiger partial charge in [0, 0.05) is 0 Å². The summed E-state index contributed by atoms with van der Waals surface area (Å²) in [5.74, 6) is 0.592. The molecule has 0 nitrogen and oxygen atoms in total. The molecule has 0 saturated heterocycles. The third kappa shape index (κ3) is 1.86. The molecule has 0 saturated carbocycles. The molecule has 0 heterocycles. The highest BCUT2D eigenvalue weighted by Gasteiger charge is 2.17. The highest BCUT2D eigenvalue weighted by molar-refractivity contribution is 6.18. The minimum atomic E-state index is 0.592. The topological polar surface area (TPSA) is 0 Å². The largest absolute Gasteiger partial charge is 0.0833 e. The Labute approximate surface area is 142 Å². The number of rotatable bonds is 0. The summed E-state index contributed by atoms with van der Waals surface area (Å²) in [5.41, 5.74) is 4.22. The Bertz CT molecular complexity index is 1150. The molecule has 4 aromatic rings. The van der Waals surface area contributed by atoms with Gasteiger partial charge in [-0.3, -0.25) is 0 Å². The molecule has 1 aliphatic rings. The Kier molecular flexibility index (Phi) is 2.84. The van der Waals surface area contributed by atoms with Crippen molar-refractivity contribution in [1.82, 2.24) is 0 Å². The molecular weight excluding hydrogens is 288 g/mol. The first-order valence-corrected chi connectivity index (χ1v) is 8.77. The summed E-state index contributed by atoms with van der Waals surface area (Å²) < 4.78 is 0. The maximum atomic E-state index is 2.34. The molecule has 5 rings (SSSR count). The fraction of sp³-hybridized carbons (Fsp3) is 0.167. The standard InChI is InChI=1S/C24H20/c1-15-6-7-17-8-10-19-20-11-9-18-5-3-4-16(2)24(18)22(20)13-12-21(19)23(17)14-15/h3,5-14,16H,4H2,1-2H3. The van der Waals surface area contributed by atoms with Crippen molar-refractivity contribution >= 4 is 38.4 Å². The van der Waals surface area contributed by atoms with Crippen LogP contribution in [0.2, 0.25) is 0 Å². The highest BCUT2D eigenvalue weighted by atomic mass is 14.2. The Hall–Kier alpha value is -2.60. The Morgan fingerprint density at radius 2 is 1.42 bits per heavy atom. The van der Waals surface area contributed by atoms with Crippen LogP contribution in [0.5, 0.6) is 0 Å². The normalized spacial score (nSPS) is 16.8. The molecule has 0 aliphatic heterocycles. The molecule has 0 N–H and O–H groups in total. The summed E-state index contributed by atoms with van der Waals surface area (Å²) in [4.78, 5) is 0. The average molecular weight is 308 g/mol. The van der Waals surface area contributed by atoms with Gasteiger partial charge >= 0.3 is 0 Å². The van der Waals surface area contributed by atoms with Crippen LogP contribution < -0.4 is 0 Å². The van der Waals surface area contributed by atoms with Crippen molar-refractivity contribution < 1.29 is 0 Å². The maximum Gasteiger partial charge on any atom is -0.00988 e. The third-order valence-electron chi connectivity index (χ3n) is 5.53. The molecule has 0 fully saturated rings. The van der Waals surface area contributed by atoms with Gasteiger partial charge in [0.15, 0.2) is 0 Å². The van der Waals surface area contributed by atoms with Crippen LogP contribution in [0.1, 0.15) is 36.0 Å². The molecule has 0 aromatic heterocycles. The second-order valence-electron chi connectivity index (χ2n) is 7.15. The molecule has 4 aromatic carbocycles. The van der Waals surface area contributed by atoms with Crippen LogP contribution in [0.4, 0.5) is 0 Å². The van der Waals surface area contributed by atoms with Crippen molar-refractivity contribution in [2.45, 2.75) is 26.2 Å². The fourth-order valence-electron chi connectivity index (χ4n) is 4.32. The summed E-state index contributed by atoms with van der Waals surface area (Å²) >= 11 is 0. The van der Waals surface area contributed by atoms with Gasteiger partial charge in [0.25, 0.3) is 0 Å². The summed E-state index contributed by atoms with van der Waals surface area (Å²) in [6.07, 6.45) is 5.72. The summed E-state index contributed by atoms with van der Waals surface area (Å²) in [5, 5.41) is 8.22. The number of allylic oxidation sites excluding steroid dienone is 1. The van der Waals surface area contributed by atoms with Gasteiger partial charge in [-0.15, -0.1) is 0 Å². The Morgan fingerprint density at radius 3 is 2.33 bits per heavy atom. The van der Waals surface area contributed by atoms with E-state index in [0.29, 0.717) is 5.92 Å². The van der Waals surface area contributed by atoms with E-state index >= 15 is 0 Å². The van der Waals surface area contributed by atoms with Crippen LogP contribution in [-0.2, 0) is 0 Å². The zero-order valence-electron chi connectivity index (χ0n) is 14.1. The summed E-state index contributed by atoms with van der Waals surface area (Å²) in [6, 6.07) is 20.6. The van der Waals surface area contributed by atoms with E-state index in [0.717, 1.165) is 6.42 Å². The minimum absolute atomic E-state index is 0.592. The number of fused-ring (bicyclic) bond motifs is 7. The van der Waals surface area contributed by atoms with Crippen molar-refractivity contribution in [1.29, 1.82) is 0 Å². The smallest absolute Gasteiger partial charge is 0.00988 e. The lowest BCUT2D eigenvalue weighted by molar-refractivity contribution is 0.779. The van der Waals surface area contributed by atoms with Crippen LogP contribution in [0.25, 0.3) is 38.4 Å². The van der Waals surface area contributed by atoms with Crippen molar-refractivity contribution in [3.8, 4) is 0 Å². The molecule has 0 spiro atoms. The molecule has 1 aliphatic carbocycles. The second-order valence-corrected chi connectivity index (χ2v) is 7.15. The van der Waals surface area contributed by atoms with Gasteiger partial charge in [-0.05, 0) is 62.7 Å². The van der Waals surface area contributed by atoms with Gasteiger partial charge < -0.3 is 0 Å². The fourth-order valence-corrected chi connectivity index (χ4v) is 4.32. The lowest BCUT2D eigenvalue weighted by atomic mass is 9.83.